The van der Waals surface area contributed by atoms with E-state index in [1.165, 1.54) is 32.1 Å². The number of aromatic nitrogens is 1. The minimum Gasteiger partial charge on any atom is -0.490 e. The average molecular weight is 354 g/mol. The summed E-state index contributed by atoms with van der Waals surface area (Å²) in [5, 5.41) is 1.75. The molecule has 2 aromatic rings. The van der Waals surface area contributed by atoms with Crippen LogP contribution in [-0.2, 0) is 0 Å². The summed E-state index contributed by atoms with van der Waals surface area (Å²) in [6.07, 6.45) is 11.2. The van der Waals surface area contributed by atoms with E-state index < -0.39 is 0 Å². The maximum atomic E-state index is 12.1. The smallest absolute Gasteiger partial charge is 0.255 e. The van der Waals surface area contributed by atoms with Crippen LogP contribution in [0.3, 0.4) is 0 Å². The summed E-state index contributed by atoms with van der Waals surface area (Å²) in [5.74, 6) is 0.933. The van der Waals surface area contributed by atoms with Gasteiger partial charge in [-0.1, -0.05) is 19.3 Å². The largest absolute Gasteiger partial charge is 0.490 e. The highest BCUT2D eigenvalue weighted by Crippen LogP contribution is 2.30. The fourth-order valence-corrected chi connectivity index (χ4v) is 4.64. The second kappa shape index (κ2) is 7.43. The molecule has 4 rings (SSSR count). The van der Waals surface area contributed by atoms with Crippen molar-refractivity contribution >= 4 is 10.8 Å². The lowest BCUT2D eigenvalue weighted by Gasteiger charge is -2.39. The van der Waals surface area contributed by atoms with Gasteiger partial charge in [-0.3, -0.25) is 4.79 Å². The molecule has 4 heteroatoms. The van der Waals surface area contributed by atoms with E-state index in [2.05, 4.69) is 16.0 Å². The van der Waals surface area contributed by atoms with E-state index in [9.17, 15) is 4.79 Å². The van der Waals surface area contributed by atoms with Crippen molar-refractivity contribution in [1.82, 2.24) is 9.88 Å². The molecule has 0 atom stereocenters. The molecule has 1 saturated carbocycles. The van der Waals surface area contributed by atoms with Crippen molar-refractivity contribution in [2.24, 2.45) is 0 Å². The second-order valence-corrected chi connectivity index (χ2v) is 8.11. The normalized spacial score (nSPS) is 20.5. The van der Waals surface area contributed by atoms with E-state index in [4.69, 9.17) is 4.74 Å². The van der Waals surface area contributed by atoms with Crippen LogP contribution in [0.4, 0.5) is 0 Å². The van der Waals surface area contributed by atoms with Crippen molar-refractivity contribution in [1.29, 1.82) is 0 Å². The second-order valence-electron chi connectivity index (χ2n) is 8.11. The zero-order chi connectivity index (χ0) is 18.1. The monoisotopic (exact) mass is 354 g/mol. The number of hydrogen-bond donors (Lipinski definition) is 1. The first-order valence-electron chi connectivity index (χ1n) is 10.1. The Kier molecular flexibility index (Phi) is 5.03. The maximum Gasteiger partial charge on any atom is 0.255 e. The van der Waals surface area contributed by atoms with Crippen molar-refractivity contribution in [2.45, 2.75) is 70.9 Å². The van der Waals surface area contributed by atoms with Crippen LogP contribution in [0.15, 0.2) is 23.1 Å². The molecule has 1 aliphatic carbocycles. The molecule has 0 spiro atoms. The third-order valence-electron chi connectivity index (χ3n) is 6.27. The number of ether oxygens (including phenoxy) is 1. The lowest BCUT2D eigenvalue weighted by atomic mass is 9.92. The Hall–Kier alpha value is -1.81. The highest BCUT2D eigenvalue weighted by atomic mass is 16.5. The number of benzene rings is 1. The molecule has 0 radical (unpaired) electrons. The number of pyridine rings is 1. The zero-order valence-corrected chi connectivity index (χ0v) is 16.0. The number of nitrogens with zero attached hydrogens (tertiary/aromatic N) is 1. The number of hydrogen-bond acceptors (Lipinski definition) is 3. The van der Waals surface area contributed by atoms with Crippen LogP contribution in [0.5, 0.6) is 5.75 Å². The molecule has 1 aliphatic heterocycles. The summed E-state index contributed by atoms with van der Waals surface area (Å²) in [6, 6.07) is 4.83. The highest BCUT2D eigenvalue weighted by Gasteiger charge is 2.27. The Morgan fingerprint density at radius 3 is 2.42 bits per heavy atom. The Labute approximate surface area is 155 Å². The molecule has 1 aromatic carbocycles. The third kappa shape index (κ3) is 3.52. The van der Waals surface area contributed by atoms with Gasteiger partial charge in [0.25, 0.3) is 5.56 Å². The molecule has 4 nitrogen and oxygen atoms in total. The number of nitrogens with one attached hydrogen (secondary N) is 1. The van der Waals surface area contributed by atoms with Gasteiger partial charge in [-0.15, -0.1) is 0 Å². The minimum atomic E-state index is -0.0268. The van der Waals surface area contributed by atoms with E-state index in [0.29, 0.717) is 0 Å². The van der Waals surface area contributed by atoms with Gasteiger partial charge in [0.1, 0.15) is 11.9 Å². The highest BCUT2D eigenvalue weighted by molar-refractivity contribution is 5.86. The van der Waals surface area contributed by atoms with Gasteiger partial charge in [-0.25, -0.2) is 0 Å². The van der Waals surface area contributed by atoms with Gasteiger partial charge in [0, 0.05) is 30.7 Å². The van der Waals surface area contributed by atoms with Gasteiger partial charge in [0.15, 0.2) is 0 Å². The molecule has 1 saturated heterocycles. The van der Waals surface area contributed by atoms with Gasteiger partial charge >= 0.3 is 0 Å². The van der Waals surface area contributed by atoms with E-state index >= 15 is 0 Å². The van der Waals surface area contributed by atoms with Crippen molar-refractivity contribution in [2.75, 3.05) is 13.1 Å². The van der Waals surface area contributed by atoms with Gasteiger partial charge in [0.05, 0.1) is 0 Å². The quantitative estimate of drug-likeness (QED) is 0.893. The first kappa shape index (κ1) is 17.6. The predicted molar refractivity (Wildman–Crippen MR) is 106 cm³/mol. The Balaban J connectivity index is 1.45. The fourth-order valence-electron chi connectivity index (χ4n) is 4.64. The number of fused-ring (bicyclic) bond motifs is 1. The van der Waals surface area contributed by atoms with Gasteiger partial charge in [-0.2, -0.15) is 0 Å². The molecule has 2 fully saturated rings. The predicted octanol–water partition coefficient (Wildman–Crippen LogP) is 4.32. The van der Waals surface area contributed by atoms with E-state index in [-0.39, 0.29) is 11.7 Å². The molecule has 140 valence electrons. The summed E-state index contributed by atoms with van der Waals surface area (Å²) in [5.41, 5.74) is 2.10. The van der Waals surface area contributed by atoms with Crippen LogP contribution >= 0.6 is 0 Å². The summed E-state index contributed by atoms with van der Waals surface area (Å²) >= 11 is 0. The Bertz CT molecular complexity index is 828. The van der Waals surface area contributed by atoms with Crippen molar-refractivity contribution in [3.8, 4) is 5.75 Å². The van der Waals surface area contributed by atoms with Crippen LogP contribution < -0.4 is 10.3 Å². The van der Waals surface area contributed by atoms with E-state index in [1.807, 2.05) is 19.9 Å². The van der Waals surface area contributed by atoms with Gasteiger partial charge in [-0.05, 0) is 68.2 Å². The first-order chi connectivity index (χ1) is 12.6. The zero-order valence-electron chi connectivity index (χ0n) is 16.0. The molecule has 1 aromatic heterocycles. The fraction of sp³-hybridized carbons (Fsp3) is 0.591. The molecular weight excluding hydrogens is 324 g/mol. The Morgan fingerprint density at radius 1 is 0.962 bits per heavy atom. The number of aryl methyl sites for hydroxylation is 2. The molecule has 26 heavy (non-hydrogen) atoms. The standard InChI is InChI=1S/C22H30N2O2/c1-15-12-20-19(16(2)14-23-22(20)25)13-21(15)26-18-8-10-24(11-9-18)17-6-4-3-5-7-17/h12-14,17-18H,3-11H2,1-2H3,(H,23,25). The number of H-pyrrole nitrogens is 1. The molecule has 0 unspecified atom stereocenters. The molecule has 0 bridgehead atoms. The SMILES string of the molecule is Cc1cc2c(=O)[nH]cc(C)c2cc1OC1CCN(C2CCCCC2)CC1. The van der Waals surface area contributed by atoms with E-state index in [1.54, 1.807) is 6.20 Å². The number of piperidine rings is 1. The molecule has 1 N–H and O–H groups in total. The number of likely N-dealkylation sites (tertiary alicyclic amines) is 1. The summed E-state index contributed by atoms with van der Waals surface area (Å²) in [6.45, 7) is 6.37. The number of rotatable bonds is 3. The van der Waals surface area contributed by atoms with Crippen molar-refractivity contribution < 1.29 is 4.74 Å². The van der Waals surface area contributed by atoms with Crippen LogP contribution in [0.1, 0.15) is 56.1 Å². The molecular formula is C22H30N2O2. The molecule has 2 heterocycles. The first-order valence-corrected chi connectivity index (χ1v) is 10.1. The van der Waals surface area contributed by atoms with Crippen LogP contribution in [-0.4, -0.2) is 35.1 Å². The average Bonchev–Trinajstić information content (AvgIpc) is 2.67. The topological polar surface area (TPSA) is 45.3 Å². The van der Waals surface area contributed by atoms with Crippen molar-refractivity contribution in [3.05, 3.63) is 39.8 Å². The third-order valence-corrected chi connectivity index (χ3v) is 6.27. The van der Waals surface area contributed by atoms with E-state index in [0.717, 1.165) is 59.6 Å². The lowest BCUT2D eigenvalue weighted by Crippen LogP contribution is -2.44. The Morgan fingerprint density at radius 2 is 1.69 bits per heavy atom. The lowest BCUT2D eigenvalue weighted by molar-refractivity contribution is 0.0628. The van der Waals surface area contributed by atoms with Crippen LogP contribution in [0, 0.1) is 13.8 Å². The molecule has 0 amide bonds. The van der Waals surface area contributed by atoms with Crippen LogP contribution in [0.2, 0.25) is 0 Å². The summed E-state index contributed by atoms with van der Waals surface area (Å²) < 4.78 is 6.39. The van der Waals surface area contributed by atoms with Gasteiger partial charge in [0.2, 0.25) is 0 Å². The van der Waals surface area contributed by atoms with Gasteiger partial charge < -0.3 is 14.6 Å². The maximum absolute atomic E-state index is 12.1. The summed E-state index contributed by atoms with van der Waals surface area (Å²) in [4.78, 5) is 17.6. The van der Waals surface area contributed by atoms with Crippen LogP contribution in [0.25, 0.3) is 10.8 Å². The van der Waals surface area contributed by atoms with Crippen molar-refractivity contribution in [3.63, 3.8) is 0 Å². The molecule has 2 aliphatic rings. The minimum absolute atomic E-state index is 0.0268. The number of aromatic amines is 1. The summed E-state index contributed by atoms with van der Waals surface area (Å²) in [7, 11) is 0.